The third-order valence-electron chi connectivity index (χ3n) is 5.87. The van der Waals surface area contributed by atoms with Crippen molar-refractivity contribution >= 4 is 21.5 Å². The van der Waals surface area contributed by atoms with Gasteiger partial charge in [-0.25, -0.2) is 13.4 Å². The molecule has 170 valence electrons. The van der Waals surface area contributed by atoms with Gasteiger partial charge in [-0.15, -0.1) is 0 Å². The highest BCUT2D eigenvalue weighted by atomic mass is 32.2. The maximum Gasteiger partial charge on any atom is 0.243 e. The Bertz CT molecular complexity index is 1310. The SMILES string of the molecule is COc1cccc(S(=O)(=O)N2CCCN(C3=Nc4ccccc4Oc4ccccc43)CC2)c1. The quantitative estimate of drug-likeness (QED) is 0.580. The molecule has 1 fully saturated rings. The van der Waals surface area contributed by atoms with Crippen molar-refractivity contribution in [3.8, 4) is 17.2 Å². The number of hydrogen-bond acceptors (Lipinski definition) is 6. The van der Waals surface area contributed by atoms with Crippen LogP contribution in [0.4, 0.5) is 5.69 Å². The molecule has 7 nitrogen and oxygen atoms in total. The number of benzene rings is 3. The number of aliphatic imine (C=N–C) groups is 1. The van der Waals surface area contributed by atoms with Crippen LogP contribution >= 0.6 is 0 Å². The van der Waals surface area contributed by atoms with E-state index in [9.17, 15) is 8.42 Å². The molecule has 3 aromatic carbocycles. The summed E-state index contributed by atoms with van der Waals surface area (Å²) < 4.78 is 39.5. The Hall–Kier alpha value is -3.36. The summed E-state index contributed by atoms with van der Waals surface area (Å²) >= 11 is 0. The number of amidine groups is 1. The smallest absolute Gasteiger partial charge is 0.243 e. The van der Waals surface area contributed by atoms with Crippen LogP contribution in [0.2, 0.25) is 0 Å². The van der Waals surface area contributed by atoms with Gasteiger partial charge in [-0.05, 0) is 42.8 Å². The fourth-order valence-corrected chi connectivity index (χ4v) is 5.67. The Morgan fingerprint density at radius 1 is 0.879 bits per heavy atom. The molecule has 0 bridgehead atoms. The maximum absolute atomic E-state index is 13.3. The van der Waals surface area contributed by atoms with E-state index in [2.05, 4.69) is 4.90 Å². The van der Waals surface area contributed by atoms with Crippen molar-refractivity contribution < 1.29 is 17.9 Å². The number of rotatable bonds is 3. The molecule has 0 aromatic heterocycles. The molecule has 1 saturated heterocycles. The lowest BCUT2D eigenvalue weighted by Crippen LogP contribution is -2.37. The van der Waals surface area contributed by atoms with Crippen molar-refractivity contribution in [1.29, 1.82) is 0 Å². The molecule has 2 heterocycles. The molecule has 5 rings (SSSR count). The summed E-state index contributed by atoms with van der Waals surface area (Å²) in [4.78, 5) is 7.35. The minimum absolute atomic E-state index is 0.245. The van der Waals surface area contributed by atoms with Crippen molar-refractivity contribution in [2.24, 2.45) is 4.99 Å². The third-order valence-corrected chi connectivity index (χ3v) is 7.77. The second-order valence-corrected chi connectivity index (χ2v) is 9.86. The van der Waals surface area contributed by atoms with Crippen molar-refractivity contribution in [2.75, 3.05) is 33.3 Å². The number of ether oxygens (including phenoxy) is 2. The van der Waals surface area contributed by atoms with Crippen LogP contribution in [0, 0.1) is 0 Å². The van der Waals surface area contributed by atoms with E-state index >= 15 is 0 Å². The first-order chi connectivity index (χ1) is 16.1. The summed E-state index contributed by atoms with van der Waals surface area (Å²) in [6, 6.07) is 22.1. The Morgan fingerprint density at radius 3 is 2.52 bits per heavy atom. The number of sulfonamides is 1. The number of fused-ring (bicyclic) bond motifs is 2. The molecular formula is C25H25N3O4S. The van der Waals surface area contributed by atoms with E-state index in [1.165, 1.54) is 7.11 Å². The molecule has 0 radical (unpaired) electrons. The monoisotopic (exact) mass is 463 g/mol. The average molecular weight is 464 g/mol. The van der Waals surface area contributed by atoms with Gasteiger partial charge in [-0.2, -0.15) is 4.31 Å². The zero-order chi connectivity index (χ0) is 22.8. The fourth-order valence-electron chi connectivity index (χ4n) is 4.17. The van der Waals surface area contributed by atoms with Gasteiger partial charge in [0.1, 0.15) is 23.0 Å². The summed E-state index contributed by atoms with van der Waals surface area (Å²) in [6.07, 6.45) is 0.687. The summed E-state index contributed by atoms with van der Waals surface area (Å²) in [7, 11) is -2.10. The van der Waals surface area contributed by atoms with Crippen molar-refractivity contribution in [2.45, 2.75) is 11.3 Å². The lowest BCUT2D eigenvalue weighted by Gasteiger charge is -2.25. The highest BCUT2D eigenvalue weighted by molar-refractivity contribution is 7.89. The van der Waals surface area contributed by atoms with E-state index in [-0.39, 0.29) is 4.90 Å². The Balaban J connectivity index is 1.45. The van der Waals surface area contributed by atoms with Crippen LogP contribution in [-0.2, 0) is 10.0 Å². The van der Waals surface area contributed by atoms with E-state index in [0.29, 0.717) is 44.1 Å². The largest absolute Gasteiger partial charge is 0.497 e. The molecule has 0 aliphatic carbocycles. The zero-order valence-electron chi connectivity index (χ0n) is 18.3. The van der Waals surface area contributed by atoms with E-state index in [0.717, 1.165) is 22.8 Å². The summed E-state index contributed by atoms with van der Waals surface area (Å²) in [5, 5.41) is 0. The van der Waals surface area contributed by atoms with E-state index < -0.39 is 10.0 Å². The van der Waals surface area contributed by atoms with Crippen LogP contribution in [0.15, 0.2) is 82.7 Å². The molecule has 0 saturated carbocycles. The van der Waals surface area contributed by atoms with Crippen LogP contribution in [-0.4, -0.2) is 56.7 Å². The standard InChI is InChI=1S/C25H25N3O4S/c1-31-19-8-6-9-20(18-19)33(29,30)28-15-7-14-27(16-17-28)25-21-10-2-4-12-23(21)32-24-13-5-3-11-22(24)26-25/h2-6,8-13,18H,7,14-17H2,1H3. The Labute approximate surface area is 193 Å². The lowest BCUT2D eigenvalue weighted by atomic mass is 10.1. The van der Waals surface area contributed by atoms with Gasteiger partial charge in [-0.1, -0.05) is 30.3 Å². The predicted octanol–water partition coefficient (Wildman–Crippen LogP) is 4.28. The molecule has 0 unspecified atom stereocenters. The van der Waals surface area contributed by atoms with E-state index in [1.807, 2.05) is 48.5 Å². The first-order valence-corrected chi connectivity index (χ1v) is 12.3. The first kappa shape index (κ1) is 21.5. The summed E-state index contributed by atoms with van der Waals surface area (Å²) in [5.74, 6) is 2.77. The van der Waals surface area contributed by atoms with E-state index in [4.69, 9.17) is 14.5 Å². The zero-order valence-corrected chi connectivity index (χ0v) is 19.2. The second-order valence-electron chi connectivity index (χ2n) is 7.93. The number of methoxy groups -OCH3 is 1. The first-order valence-electron chi connectivity index (χ1n) is 10.9. The number of nitrogens with zero attached hydrogens (tertiary/aromatic N) is 3. The molecule has 2 aliphatic heterocycles. The highest BCUT2D eigenvalue weighted by Crippen LogP contribution is 2.38. The minimum Gasteiger partial charge on any atom is -0.497 e. The maximum atomic E-state index is 13.3. The summed E-state index contributed by atoms with van der Waals surface area (Å²) in [5.41, 5.74) is 1.66. The summed E-state index contributed by atoms with van der Waals surface area (Å²) in [6.45, 7) is 2.03. The Kier molecular flexibility index (Phi) is 5.78. The van der Waals surface area contributed by atoms with Gasteiger partial charge < -0.3 is 14.4 Å². The van der Waals surface area contributed by atoms with Gasteiger partial charge in [0, 0.05) is 32.2 Å². The van der Waals surface area contributed by atoms with Crippen LogP contribution in [0.3, 0.4) is 0 Å². The third kappa shape index (κ3) is 4.19. The van der Waals surface area contributed by atoms with Crippen LogP contribution in [0.5, 0.6) is 17.2 Å². The normalized spacial score (nSPS) is 16.5. The highest BCUT2D eigenvalue weighted by Gasteiger charge is 2.30. The van der Waals surface area contributed by atoms with Crippen molar-refractivity contribution in [3.05, 3.63) is 78.4 Å². The van der Waals surface area contributed by atoms with Crippen molar-refractivity contribution in [3.63, 3.8) is 0 Å². The number of hydrogen-bond donors (Lipinski definition) is 0. The van der Waals surface area contributed by atoms with Gasteiger partial charge >= 0.3 is 0 Å². The minimum atomic E-state index is -3.63. The second kappa shape index (κ2) is 8.88. The van der Waals surface area contributed by atoms with Crippen LogP contribution in [0.1, 0.15) is 12.0 Å². The molecule has 0 spiro atoms. The number of para-hydroxylation sites is 3. The molecule has 0 N–H and O–H groups in total. The molecule has 3 aromatic rings. The molecule has 8 heteroatoms. The Morgan fingerprint density at radius 2 is 1.67 bits per heavy atom. The average Bonchev–Trinajstić information content (AvgIpc) is 3.19. The van der Waals surface area contributed by atoms with Crippen LogP contribution < -0.4 is 9.47 Å². The van der Waals surface area contributed by atoms with Gasteiger partial charge in [0.05, 0.1) is 17.6 Å². The molecule has 2 aliphatic rings. The van der Waals surface area contributed by atoms with Crippen molar-refractivity contribution in [1.82, 2.24) is 9.21 Å². The van der Waals surface area contributed by atoms with E-state index in [1.54, 1.807) is 28.6 Å². The lowest BCUT2D eigenvalue weighted by molar-refractivity contribution is 0.404. The molecule has 0 atom stereocenters. The molecular weight excluding hydrogens is 438 g/mol. The van der Waals surface area contributed by atoms with Gasteiger partial charge in [0.2, 0.25) is 10.0 Å². The molecule has 0 amide bonds. The van der Waals surface area contributed by atoms with Gasteiger partial charge in [0.15, 0.2) is 5.75 Å². The van der Waals surface area contributed by atoms with Gasteiger partial charge in [-0.3, -0.25) is 0 Å². The molecule has 33 heavy (non-hydrogen) atoms. The van der Waals surface area contributed by atoms with Gasteiger partial charge in [0.25, 0.3) is 0 Å². The van der Waals surface area contributed by atoms with Crippen LogP contribution in [0.25, 0.3) is 0 Å². The topological polar surface area (TPSA) is 71.4 Å². The predicted molar refractivity (Wildman–Crippen MR) is 127 cm³/mol. The fraction of sp³-hybridized carbons (Fsp3) is 0.240.